The van der Waals surface area contributed by atoms with Crippen LogP contribution in [0.25, 0.3) is 0 Å². The van der Waals surface area contributed by atoms with Gasteiger partial charge in [0.1, 0.15) is 16.4 Å². The van der Waals surface area contributed by atoms with E-state index >= 15 is 0 Å². The van der Waals surface area contributed by atoms with Crippen molar-refractivity contribution in [3.8, 4) is 0 Å². The number of amides is 1. The second-order valence-electron chi connectivity index (χ2n) is 8.22. The van der Waals surface area contributed by atoms with E-state index in [9.17, 15) is 9.59 Å². The van der Waals surface area contributed by atoms with Crippen molar-refractivity contribution >= 4 is 40.9 Å². The maximum absolute atomic E-state index is 13.0. The van der Waals surface area contributed by atoms with Gasteiger partial charge in [-0.05, 0) is 44.2 Å². The summed E-state index contributed by atoms with van der Waals surface area (Å²) in [7, 11) is 0. The molecule has 30 heavy (non-hydrogen) atoms. The third kappa shape index (κ3) is 4.42. The number of rotatable bonds is 6. The Morgan fingerprint density at radius 1 is 1.30 bits per heavy atom. The molecule has 1 aliphatic heterocycles. The minimum atomic E-state index is -0.253. The Morgan fingerprint density at radius 3 is 2.90 bits per heavy atom. The van der Waals surface area contributed by atoms with E-state index in [-0.39, 0.29) is 16.9 Å². The van der Waals surface area contributed by atoms with E-state index < -0.39 is 0 Å². The summed E-state index contributed by atoms with van der Waals surface area (Å²) in [5.41, 5.74) is 2.50. The van der Waals surface area contributed by atoms with Crippen LogP contribution in [0.4, 0.5) is 5.69 Å². The van der Waals surface area contributed by atoms with E-state index in [4.69, 9.17) is 0 Å². The van der Waals surface area contributed by atoms with Gasteiger partial charge in [-0.25, -0.2) is 9.97 Å². The van der Waals surface area contributed by atoms with E-state index in [0.717, 1.165) is 16.0 Å². The lowest BCUT2D eigenvalue weighted by Crippen LogP contribution is -2.25. The Labute approximate surface area is 186 Å². The van der Waals surface area contributed by atoms with Crippen molar-refractivity contribution in [1.82, 2.24) is 9.97 Å². The molecule has 1 aromatic heterocycles. The van der Waals surface area contributed by atoms with Crippen LogP contribution >= 0.6 is 23.5 Å². The summed E-state index contributed by atoms with van der Waals surface area (Å²) in [5, 5.41) is 5.36. The number of Topliss-reactive ketones (excluding diaryl/α,β-unsaturated/α-hetero) is 1. The lowest BCUT2D eigenvalue weighted by atomic mass is 9.80. The highest BCUT2D eigenvalue weighted by Gasteiger charge is 2.40. The summed E-state index contributed by atoms with van der Waals surface area (Å²) in [5.74, 6) is 1.18. The molecule has 1 fully saturated rings. The smallest absolute Gasteiger partial charge is 0.237 e. The van der Waals surface area contributed by atoms with Crippen molar-refractivity contribution in [3.05, 3.63) is 41.7 Å². The summed E-state index contributed by atoms with van der Waals surface area (Å²) in [6.07, 6.45) is 5.97. The van der Waals surface area contributed by atoms with Gasteiger partial charge >= 0.3 is 0 Å². The maximum atomic E-state index is 13.0. The van der Waals surface area contributed by atoms with Crippen LogP contribution in [-0.2, 0) is 4.79 Å². The number of fused-ring (bicyclic) bond motifs is 3. The van der Waals surface area contributed by atoms with Crippen LogP contribution in [-0.4, -0.2) is 32.2 Å². The molecule has 2 aromatic rings. The Hall–Kier alpha value is -1.86. The zero-order valence-corrected chi connectivity index (χ0v) is 19.2. The average Bonchev–Trinajstić information content (AvgIpc) is 3.10. The molecule has 1 amide bonds. The maximum Gasteiger partial charge on any atom is 0.237 e. The van der Waals surface area contributed by atoms with Gasteiger partial charge < -0.3 is 5.32 Å². The molecular weight excluding hydrogens is 414 g/mol. The summed E-state index contributed by atoms with van der Waals surface area (Å²) in [6.45, 7) is 5.88. The zero-order chi connectivity index (χ0) is 21.3. The van der Waals surface area contributed by atoms with Gasteiger partial charge in [0, 0.05) is 28.0 Å². The number of anilines is 1. The Morgan fingerprint density at radius 2 is 2.13 bits per heavy atom. The molecule has 4 rings (SSSR count). The number of aromatic nitrogens is 2. The van der Waals surface area contributed by atoms with E-state index in [1.165, 1.54) is 31.7 Å². The van der Waals surface area contributed by atoms with Gasteiger partial charge in [0.2, 0.25) is 5.91 Å². The molecular formula is C23H27N3O2S2. The molecule has 4 atom stereocenters. The summed E-state index contributed by atoms with van der Waals surface area (Å²) >= 11 is 3.44. The number of thioether (sulfide) groups is 2. The van der Waals surface area contributed by atoms with Gasteiger partial charge in [-0.15, -0.1) is 11.8 Å². The van der Waals surface area contributed by atoms with Gasteiger partial charge in [0.05, 0.1) is 5.25 Å². The second kappa shape index (κ2) is 9.10. The molecule has 0 saturated heterocycles. The highest BCUT2D eigenvalue weighted by atomic mass is 32.2. The molecule has 5 nitrogen and oxygen atoms in total. The number of nitrogens with zero attached hydrogens (tertiary/aromatic N) is 2. The molecule has 1 aliphatic carbocycles. The van der Waals surface area contributed by atoms with Crippen LogP contribution in [0, 0.1) is 5.92 Å². The number of carbonyl (C=O) groups is 2. The number of hydrogen-bond acceptors (Lipinski definition) is 6. The molecule has 7 heteroatoms. The van der Waals surface area contributed by atoms with E-state index in [0.29, 0.717) is 28.8 Å². The van der Waals surface area contributed by atoms with Crippen LogP contribution in [0.15, 0.2) is 40.6 Å². The van der Waals surface area contributed by atoms with Crippen molar-refractivity contribution in [2.45, 2.75) is 72.9 Å². The first-order chi connectivity index (χ1) is 14.5. The molecule has 1 N–H and O–H groups in total. The quantitative estimate of drug-likeness (QED) is 0.359. The number of benzene rings is 1. The van der Waals surface area contributed by atoms with Crippen molar-refractivity contribution in [2.75, 3.05) is 5.32 Å². The Bertz CT molecular complexity index is 965. The molecule has 0 spiro atoms. The summed E-state index contributed by atoms with van der Waals surface area (Å²) in [4.78, 5) is 33.8. The normalized spacial score (nSPS) is 23.4. The van der Waals surface area contributed by atoms with Crippen molar-refractivity contribution in [1.29, 1.82) is 0 Å². The number of hydrogen-bond donors (Lipinski definition) is 1. The Balaban J connectivity index is 1.51. The second-order valence-corrected chi connectivity index (χ2v) is 10.6. The van der Waals surface area contributed by atoms with Gasteiger partial charge in [-0.1, -0.05) is 44.2 Å². The minimum absolute atomic E-state index is 0.0158. The van der Waals surface area contributed by atoms with Crippen LogP contribution in [0.2, 0.25) is 0 Å². The molecule has 0 radical (unpaired) electrons. The topological polar surface area (TPSA) is 72.0 Å². The van der Waals surface area contributed by atoms with Crippen molar-refractivity contribution in [3.63, 3.8) is 0 Å². The first-order valence-electron chi connectivity index (χ1n) is 10.6. The highest BCUT2D eigenvalue weighted by molar-refractivity contribution is 8.01. The SMILES string of the molecule is CCC(Sc1ncnc2c1C1CCC(C)CC1S2)C(=O)Nc1cccc(C(C)=O)c1. The lowest BCUT2D eigenvalue weighted by Gasteiger charge is -2.29. The first-order valence-corrected chi connectivity index (χ1v) is 12.3. The molecule has 1 aromatic carbocycles. The van der Waals surface area contributed by atoms with Crippen LogP contribution in [0.3, 0.4) is 0 Å². The summed E-state index contributed by atoms with van der Waals surface area (Å²) < 4.78 is 0. The average molecular weight is 442 g/mol. The van der Waals surface area contributed by atoms with Gasteiger partial charge in [-0.2, -0.15) is 0 Å². The van der Waals surface area contributed by atoms with Crippen molar-refractivity contribution < 1.29 is 9.59 Å². The molecule has 4 unspecified atom stereocenters. The fourth-order valence-electron chi connectivity index (χ4n) is 4.30. The largest absolute Gasteiger partial charge is 0.325 e. The van der Waals surface area contributed by atoms with Crippen molar-refractivity contribution in [2.24, 2.45) is 5.92 Å². The third-order valence-electron chi connectivity index (χ3n) is 5.95. The number of ketones is 1. The first kappa shape index (κ1) is 21.4. The van der Waals surface area contributed by atoms with Gasteiger partial charge in [0.15, 0.2) is 5.78 Å². The fourth-order valence-corrected chi connectivity index (χ4v) is 7.08. The minimum Gasteiger partial charge on any atom is -0.325 e. The van der Waals surface area contributed by atoms with E-state index in [2.05, 4.69) is 22.2 Å². The number of nitrogens with one attached hydrogen (secondary N) is 1. The van der Waals surface area contributed by atoms with E-state index in [1.54, 1.807) is 36.3 Å². The third-order valence-corrected chi connectivity index (χ3v) is 8.71. The predicted molar refractivity (Wildman–Crippen MR) is 122 cm³/mol. The molecule has 2 heterocycles. The van der Waals surface area contributed by atoms with Crippen LogP contribution in [0.5, 0.6) is 0 Å². The highest BCUT2D eigenvalue weighted by Crippen LogP contribution is 2.54. The van der Waals surface area contributed by atoms with Crippen LogP contribution < -0.4 is 5.32 Å². The summed E-state index contributed by atoms with van der Waals surface area (Å²) in [6, 6.07) is 7.09. The van der Waals surface area contributed by atoms with Gasteiger partial charge in [0.25, 0.3) is 0 Å². The van der Waals surface area contributed by atoms with Crippen LogP contribution in [0.1, 0.15) is 68.3 Å². The molecule has 2 aliphatic rings. The molecule has 158 valence electrons. The molecule has 0 bridgehead atoms. The standard InChI is InChI=1S/C23H27N3O2S2/c1-4-18(21(28)26-16-7-5-6-15(11-16)14(3)27)29-22-20-17-9-8-13(2)10-19(17)30-23(20)25-12-24-22/h5-7,11-13,17-19H,4,8-10H2,1-3H3,(H,26,28). The van der Waals surface area contributed by atoms with Gasteiger partial charge in [-0.3, -0.25) is 9.59 Å². The Kier molecular flexibility index (Phi) is 6.48. The number of carbonyl (C=O) groups excluding carboxylic acids is 2. The monoisotopic (exact) mass is 441 g/mol. The lowest BCUT2D eigenvalue weighted by molar-refractivity contribution is -0.115. The molecule has 1 saturated carbocycles. The fraction of sp³-hybridized carbons (Fsp3) is 0.478. The van der Waals surface area contributed by atoms with E-state index in [1.807, 2.05) is 24.8 Å². The predicted octanol–water partition coefficient (Wildman–Crippen LogP) is 5.57. The zero-order valence-electron chi connectivity index (χ0n) is 17.6.